The van der Waals surface area contributed by atoms with Gasteiger partial charge in [0.05, 0.1) is 5.52 Å². The molecule has 5 aromatic rings. The van der Waals surface area contributed by atoms with Crippen molar-refractivity contribution in [1.82, 2.24) is 4.57 Å². The first-order chi connectivity index (χ1) is 16.2. The van der Waals surface area contributed by atoms with E-state index in [1.807, 2.05) is 37.3 Å². The van der Waals surface area contributed by atoms with Crippen LogP contribution in [0.3, 0.4) is 0 Å². The van der Waals surface area contributed by atoms with E-state index < -0.39 is 0 Å². The van der Waals surface area contributed by atoms with Gasteiger partial charge in [0.1, 0.15) is 0 Å². The van der Waals surface area contributed by atoms with Crippen molar-refractivity contribution in [1.29, 1.82) is 0 Å². The van der Waals surface area contributed by atoms with Crippen LogP contribution in [0.2, 0.25) is 5.02 Å². The number of benzene rings is 4. The third kappa shape index (κ3) is 4.04. The SMILES string of the molecule is C=c1c(=CC=CC)c2ccc(-c3ccccc3)cc2n1-c1cccc(-c2cccc(Cl)c2)c1. The van der Waals surface area contributed by atoms with Crippen LogP contribution >= 0.6 is 11.6 Å². The van der Waals surface area contributed by atoms with E-state index in [2.05, 4.69) is 96.1 Å². The second kappa shape index (κ2) is 8.97. The Morgan fingerprint density at radius 3 is 2.18 bits per heavy atom. The maximum atomic E-state index is 6.26. The lowest BCUT2D eigenvalue weighted by molar-refractivity contribution is 1.07. The maximum absolute atomic E-state index is 6.26. The van der Waals surface area contributed by atoms with Crippen molar-refractivity contribution in [2.45, 2.75) is 6.92 Å². The smallest absolute Gasteiger partial charge is 0.0547 e. The molecule has 0 amide bonds. The highest BCUT2D eigenvalue weighted by Gasteiger charge is 2.11. The molecular weight excluding hydrogens is 422 g/mol. The van der Waals surface area contributed by atoms with Crippen LogP contribution < -0.4 is 10.6 Å². The Hall–Kier alpha value is -3.81. The van der Waals surface area contributed by atoms with Crippen LogP contribution in [-0.2, 0) is 0 Å². The predicted octanol–water partition coefficient (Wildman–Crippen LogP) is 7.38. The summed E-state index contributed by atoms with van der Waals surface area (Å²) in [4.78, 5) is 0. The minimum absolute atomic E-state index is 0.734. The molecule has 0 aliphatic carbocycles. The highest BCUT2D eigenvalue weighted by Crippen LogP contribution is 2.27. The summed E-state index contributed by atoms with van der Waals surface area (Å²) >= 11 is 6.26. The van der Waals surface area contributed by atoms with Gasteiger partial charge in [-0.15, -0.1) is 0 Å². The summed E-state index contributed by atoms with van der Waals surface area (Å²) in [5.41, 5.74) is 6.81. The van der Waals surface area contributed by atoms with E-state index in [0.717, 1.165) is 37.9 Å². The number of rotatable bonds is 4. The molecule has 0 saturated carbocycles. The van der Waals surface area contributed by atoms with Gasteiger partial charge in [-0.25, -0.2) is 0 Å². The van der Waals surface area contributed by atoms with Crippen molar-refractivity contribution in [3.8, 4) is 27.9 Å². The van der Waals surface area contributed by atoms with Gasteiger partial charge in [0.25, 0.3) is 0 Å². The minimum atomic E-state index is 0.734. The molecule has 0 N–H and O–H groups in total. The molecule has 33 heavy (non-hydrogen) atoms. The predicted molar refractivity (Wildman–Crippen MR) is 143 cm³/mol. The Bertz CT molecular complexity index is 1590. The average molecular weight is 446 g/mol. The molecule has 1 heterocycles. The van der Waals surface area contributed by atoms with Crippen molar-refractivity contribution in [2.24, 2.45) is 0 Å². The molecule has 5 rings (SSSR count). The molecule has 0 fully saturated rings. The number of allylic oxidation sites excluding steroid dienone is 2. The van der Waals surface area contributed by atoms with Crippen LogP contribution in [0.4, 0.5) is 0 Å². The highest BCUT2D eigenvalue weighted by molar-refractivity contribution is 6.30. The number of aromatic nitrogens is 1. The molecule has 0 radical (unpaired) electrons. The third-order valence-electron chi connectivity index (χ3n) is 5.93. The number of fused-ring (bicyclic) bond motifs is 1. The van der Waals surface area contributed by atoms with Crippen molar-refractivity contribution in [3.63, 3.8) is 0 Å². The molecule has 1 aromatic heterocycles. The largest absolute Gasteiger partial charge is 0.310 e. The Morgan fingerprint density at radius 1 is 0.727 bits per heavy atom. The number of nitrogens with zero attached hydrogens (tertiary/aromatic N) is 1. The lowest BCUT2D eigenvalue weighted by atomic mass is 10.0. The Kier molecular flexibility index (Phi) is 5.73. The first-order valence-corrected chi connectivity index (χ1v) is 11.4. The molecule has 0 saturated heterocycles. The molecule has 0 atom stereocenters. The lowest BCUT2D eigenvalue weighted by Crippen LogP contribution is -2.26. The first kappa shape index (κ1) is 21.1. The molecule has 2 heteroatoms. The first-order valence-electron chi connectivity index (χ1n) is 11.0. The fourth-order valence-corrected chi connectivity index (χ4v) is 4.53. The van der Waals surface area contributed by atoms with E-state index in [-0.39, 0.29) is 0 Å². The van der Waals surface area contributed by atoms with Gasteiger partial charge in [0.15, 0.2) is 0 Å². The number of halogens is 1. The molecule has 0 aliphatic heterocycles. The summed E-state index contributed by atoms with van der Waals surface area (Å²) in [7, 11) is 0. The second-order valence-corrected chi connectivity index (χ2v) is 8.48. The lowest BCUT2D eigenvalue weighted by Gasteiger charge is -2.10. The average Bonchev–Trinajstić information content (AvgIpc) is 3.13. The topological polar surface area (TPSA) is 4.93 Å². The summed E-state index contributed by atoms with van der Waals surface area (Å²) in [6.45, 7) is 6.51. The van der Waals surface area contributed by atoms with E-state index in [1.165, 1.54) is 16.5 Å². The summed E-state index contributed by atoms with van der Waals surface area (Å²) in [6.07, 6.45) is 6.26. The monoisotopic (exact) mass is 445 g/mol. The third-order valence-corrected chi connectivity index (χ3v) is 6.17. The molecular formula is C31H24ClN. The second-order valence-electron chi connectivity index (χ2n) is 8.05. The maximum Gasteiger partial charge on any atom is 0.0547 e. The number of hydrogen-bond acceptors (Lipinski definition) is 0. The molecule has 4 aromatic carbocycles. The van der Waals surface area contributed by atoms with Crippen molar-refractivity contribution in [3.05, 3.63) is 125 Å². The highest BCUT2D eigenvalue weighted by atomic mass is 35.5. The van der Waals surface area contributed by atoms with E-state index in [4.69, 9.17) is 11.6 Å². The van der Waals surface area contributed by atoms with E-state index in [0.29, 0.717) is 0 Å². The Morgan fingerprint density at radius 2 is 1.42 bits per heavy atom. The zero-order valence-electron chi connectivity index (χ0n) is 18.5. The molecule has 0 aliphatic rings. The van der Waals surface area contributed by atoms with Crippen molar-refractivity contribution in [2.75, 3.05) is 0 Å². The number of hydrogen-bond donors (Lipinski definition) is 0. The van der Waals surface area contributed by atoms with Gasteiger partial charge in [-0.3, -0.25) is 0 Å². The molecule has 0 bridgehead atoms. The van der Waals surface area contributed by atoms with Gasteiger partial charge in [0, 0.05) is 26.7 Å². The van der Waals surface area contributed by atoms with Gasteiger partial charge < -0.3 is 4.57 Å². The molecule has 0 spiro atoms. The summed E-state index contributed by atoms with van der Waals surface area (Å²) in [5, 5.41) is 4.02. The molecule has 0 unspecified atom stereocenters. The Labute approximate surface area is 199 Å². The van der Waals surface area contributed by atoms with Crippen molar-refractivity contribution < 1.29 is 0 Å². The summed E-state index contributed by atoms with van der Waals surface area (Å²) in [5.74, 6) is 0. The quantitative estimate of drug-likeness (QED) is 0.272. The standard InChI is InChI=1S/C31H24ClN/c1-3-4-16-29-22(2)33(28-15-9-13-25(20-28)24-12-8-14-27(32)19-24)31-21-26(17-18-30(29)31)23-10-6-5-7-11-23/h3-21H,2H2,1H3. The zero-order valence-corrected chi connectivity index (χ0v) is 19.3. The van der Waals surface area contributed by atoms with Crippen LogP contribution in [0.1, 0.15) is 6.92 Å². The van der Waals surface area contributed by atoms with E-state index in [9.17, 15) is 0 Å². The minimum Gasteiger partial charge on any atom is -0.310 e. The van der Waals surface area contributed by atoms with Gasteiger partial charge in [0.2, 0.25) is 0 Å². The summed E-state index contributed by atoms with van der Waals surface area (Å²) in [6, 6.07) is 33.7. The van der Waals surface area contributed by atoms with Gasteiger partial charge >= 0.3 is 0 Å². The van der Waals surface area contributed by atoms with Gasteiger partial charge in [-0.1, -0.05) is 103 Å². The van der Waals surface area contributed by atoms with Crippen LogP contribution in [0.5, 0.6) is 0 Å². The summed E-state index contributed by atoms with van der Waals surface area (Å²) < 4.78 is 2.26. The molecule has 160 valence electrons. The normalized spacial score (nSPS) is 12.1. The van der Waals surface area contributed by atoms with E-state index in [1.54, 1.807) is 0 Å². The fourth-order valence-electron chi connectivity index (χ4n) is 4.34. The van der Waals surface area contributed by atoms with Gasteiger partial charge in [-0.05, 0) is 59.5 Å². The van der Waals surface area contributed by atoms with Crippen LogP contribution in [0.15, 0.2) is 109 Å². The van der Waals surface area contributed by atoms with Crippen LogP contribution in [-0.4, -0.2) is 4.57 Å². The van der Waals surface area contributed by atoms with E-state index >= 15 is 0 Å². The van der Waals surface area contributed by atoms with Crippen LogP contribution in [0, 0.1) is 0 Å². The van der Waals surface area contributed by atoms with Crippen molar-refractivity contribution >= 4 is 35.2 Å². The Balaban J connectivity index is 1.78. The molecule has 1 nitrogen and oxygen atoms in total. The fraction of sp³-hybridized carbons (Fsp3) is 0.0323. The van der Waals surface area contributed by atoms with Crippen LogP contribution in [0.25, 0.3) is 51.5 Å². The van der Waals surface area contributed by atoms with Gasteiger partial charge in [-0.2, -0.15) is 0 Å². The zero-order chi connectivity index (χ0) is 22.8.